The largest absolute Gasteiger partial charge is 0.486 e. The van der Waals surface area contributed by atoms with Crippen molar-refractivity contribution in [3.63, 3.8) is 0 Å². The highest BCUT2D eigenvalue weighted by molar-refractivity contribution is 5.78. The minimum Gasteiger partial charge on any atom is -0.486 e. The van der Waals surface area contributed by atoms with Gasteiger partial charge in [0.15, 0.2) is 0 Å². The number of esters is 1. The van der Waals surface area contributed by atoms with Crippen molar-refractivity contribution in [2.45, 2.75) is 26.0 Å². The van der Waals surface area contributed by atoms with Crippen LogP contribution >= 0.6 is 0 Å². The summed E-state index contributed by atoms with van der Waals surface area (Å²) >= 11 is 0. The van der Waals surface area contributed by atoms with Gasteiger partial charge in [-0.25, -0.2) is 0 Å². The van der Waals surface area contributed by atoms with E-state index in [1.807, 2.05) is 24.3 Å². The number of rotatable bonds is 6. The fourth-order valence-corrected chi connectivity index (χ4v) is 2.99. The minimum absolute atomic E-state index is 0.184. The summed E-state index contributed by atoms with van der Waals surface area (Å²) in [5.74, 6) is 0.350. The molecular formula is C20H21NO4. The quantitative estimate of drug-likeness (QED) is 0.597. The number of hydrogen-bond donors (Lipinski definition) is 0. The molecule has 2 aromatic rings. The Morgan fingerprint density at radius 1 is 1.28 bits per heavy atom. The molecule has 1 atom stereocenters. The minimum atomic E-state index is -0.308. The third-order valence-corrected chi connectivity index (χ3v) is 4.09. The lowest BCUT2D eigenvalue weighted by Crippen LogP contribution is -2.41. The second kappa shape index (κ2) is 7.83. The third-order valence-electron chi connectivity index (χ3n) is 4.09. The van der Waals surface area contributed by atoms with Crippen LogP contribution in [0.1, 0.15) is 29.3 Å². The van der Waals surface area contributed by atoms with Gasteiger partial charge >= 0.3 is 5.97 Å². The van der Waals surface area contributed by atoms with E-state index in [1.54, 1.807) is 19.1 Å². The maximum absolute atomic E-state index is 11.8. The third kappa shape index (κ3) is 4.18. The van der Waals surface area contributed by atoms with Crippen molar-refractivity contribution in [1.82, 2.24) is 0 Å². The van der Waals surface area contributed by atoms with Crippen LogP contribution in [0.5, 0.6) is 5.75 Å². The molecule has 1 heterocycles. The summed E-state index contributed by atoms with van der Waals surface area (Å²) in [5, 5.41) is 0. The average molecular weight is 339 g/mol. The number of ether oxygens (including phenoxy) is 2. The maximum atomic E-state index is 11.8. The van der Waals surface area contributed by atoms with Crippen LogP contribution in [0.25, 0.3) is 0 Å². The van der Waals surface area contributed by atoms with Gasteiger partial charge in [0, 0.05) is 12.1 Å². The van der Waals surface area contributed by atoms with Crippen LogP contribution < -0.4 is 9.64 Å². The van der Waals surface area contributed by atoms with Gasteiger partial charge in [-0.15, -0.1) is 0 Å². The van der Waals surface area contributed by atoms with Crippen molar-refractivity contribution in [2.24, 2.45) is 0 Å². The number of fused-ring (bicyclic) bond motifs is 1. The zero-order chi connectivity index (χ0) is 17.6. The van der Waals surface area contributed by atoms with Gasteiger partial charge in [0.2, 0.25) is 0 Å². The zero-order valence-corrected chi connectivity index (χ0v) is 14.2. The standard InChI is InChI=1S/C20H21NO4/c1-2-24-20(23)11-17-13-21(12-15-6-4-3-5-7-15)18-9-8-16(14-22)10-19(18)25-17/h3-10,14,17H,2,11-13H2,1H3. The molecular weight excluding hydrogens is 318 g/mol. The second-order valence-electron chi connectivity index (χ2n) is 5.96. The van der Waals surface area contributed by atoms with E-state index in [0.717, 1.165) is 12.0 Å². The van der Waals surface area contributed by atoms with E-state index in [2.05, 4.69) is 17.0 Å². The normalized spacial score (nSPS) is 15.9. The molecule has 0 spiro atoms. The van der Waals surface area contributed by atoms with E-state index < -0.39 is 0 Å². The molecule has 0 saturated heterocycles. The Morgan fingerprint density at radius 2 is 2.08 bits per heavy atom. The Labute approximate surface area is 147 Å². The molecule has 5 heteroatoms. The lowest BCUT2D eigenvalue weighted by atomic mass is 10.1. The number of carbonyl (C=O) groups excluding carboxylic acids is 2. The first-order valence-electron chi connectivity index (χ1n) is 8.40. The molecule has 0 aromatic heterocycles. The summed E-state index contributed by atoms with van der Waals surface area (Å²) in [6.45, 7) is 3.43. The molecule has 0 bridgehead atoms. The van der Waals surface area contributed by atoms with Crippen LogP contribution in [0.4, 0.5) is 5.69 Å². The molecule has 0 radical (unpaired) electrons. The Bertz CT molecular complexity index is 745. The van der Waals surface area contributed by atoms with Gasteiger partial charge < -0.3 is 14.4 Å². The molecule has 0 aliphatic carbocycles. The molecule has 0 fully saturated rings. The number of hydrogen-bond acceptors (Lipinski definition) is 5. The Kier molecular flexibility index (Phi) is 5.33. The molecule has 5 nitrogen and oxygen atoms in total. The van der Waals surface area contributed by atoms with Crippen molar-refractivity contribution in [3.05, 3.63) is 59.7 Å². The Balaban J connectivity index is 1.85. The summed E-state index contributed by atoms with van der Waals surface area (Å²) in [5.41, 5.74) is 2.65. The highest BCUT2D eigenvalue weighted by atomic mass is 16.5. The van der Waals surface area contributed by atoms with E-state index in [4.69, 9.17) is 9.47 Å². The smallest absolute Gasteiger partial charge is 0.309 e. The second-order valence-corrected chi connectivity index (χ2v) is 5.96. The lowest BCUT2D eigenvalue weighted by Gasteiger charge is -2.36. The van der Waals surface area contributed by atoms with Crippen LogP contribution in [0.3, 0.4) is 0 Å². The van der Waals surface area contributed by atoms with E-state index in [0.29, 0.717) is 31.0 Å². The number of nitrogens with zero attached hydrogens (tertiary/aromatic N) is 1. The highest BCUT2D eigenvalue weighted by Gasteiger charge is 2.28. The lowest BCUT2D eigenvalue weighted by molar-refractivity contribution is -0.144. The van der Waals surface area contributed by atoms with E-state index in [-0.39, 0.29) is 18.5 Å². The summed E-state index contributed by atoms with van der Waals surface area (Å²) in [7, 11) is 0. The number of carbonyl (C=O) groups is 2. The van der Waals surface area contributed by atoms with Gasteiger partial charge in [-0.2, -0.15) is 0 Å². The van der Waals surface area contributed by atoms with Gasteiger partial charge in [-0.1, -0.05) is 30.3 Å². The number of benzene rings is 2. The molecule has 1 unspecified atom stereocenters. The molecule has 130 valence electrons. The molecule has 1 aliphatic heterocycles. The van der Waals surface area contributed by atoms with E-state index in [1.165, 1.54) is 5.56 Å². The summed E-state index contributed by atoms with van der Waals surface area (Å²) in [6, 6.07) is 15.5. The van der Waals surface area contributed by atoms with Gasteiger partial charge in [-0.05, 0) is 30.7 Å². The molecule has 1 aliphatic rings. The first-order chi connectivity index (χ1) is 12.2. The SMILES string of the molecule is CCOC(=O)CC1CN(Cc2ccccc2)c2ccc(C=O)cc2O1. The predicted molar refractivity (Wildman–Crippen MR) is 95.0 cm³/mol. The van der Waals surface area contributed by atoms with E-state index >= 15 is 0 Å². The molecule has 3 rings (SSSR count). The summed E-state index contributed by atoms with van der Waals surface area (Å²) < 4.78 is 11.0. The predicted octanol–water partition coefficient (Wildman–Crippen LogP) is 3.22. The van der Waals surface area contributed by atoms with Crippen LogP contribution in [0.2, 0.25) is 0 Å². The summed E-state index contributed by atoms with van der Waals surface area (Å²) in [6.07, 6.45) is 0.668. The number of anilines is 1. The zero-order valence-electron chi connectivity index (χ0n) is 14.2. The summed E-state index contributed by atoms with van der Waals surface area (Å²) in [4.78, 5) is 25.1. The van der Waals surface area contributed by atoms with Crippen LogP contribution in [-0.2, 0) is 16.1 Å². The van der Waals surface area contributed by atoms with Crippen LogP contribution in [0, 0.1) is 0 Å². The first-order valence-corrected chi connectivity index (χ1v) is 8.40. The van der Waals surface area contributed by atoms with Gasteiger partial charge in [0.1, 0.15) is 18.1 Å². The fraction of sp³-hybridized carbons (Fsp3) is 0.300. The number of aldehydes is 1. The molecule has 2 aromatic carbocycles. The van der Waals surface area contributed by atoms with Crippen molar-refractivity contribution < 1.29 is 19.1 Å². The van der Waals surface area contributed by atoms with Crippen molar-refractivity contribution in [2.75, 3.05) is 18.1 Å². The Morgan fingerprint density at radius 3 is 2.80 bits per heavy atom. The van der Waals surface area contributed by atoms with Gasteiger partial charge in [0.25, 0.3) is 0 Å². The fourth-order valence-electron chi connectivity index (χ4n) is 2.99. The topological polar surface area (TPSA) is 55.8 Å². The van der Waals surface area contributed by atoms with Gasteiger partial charge in [0.05, 0.1) is 25.3 Å². The van der Waals surface area contributed by atoms with Crippen molar-refractivity contribution >= 4 is 17.9 Å². The van der Waals surface area contributed by atoms with Crippen molar-refractivity contribution in [1.29, 1.82) is 0 Å². The monoisotopic (exact) mass is 339 g/mol. The van der Waals surface area contributed by atoms with Crippen LogP contribution in [-0.4, -0.2) is 31.5 Å². The average Bonchev–Trinajstić information content (AvgIpc) is 2.62. The highest BCUT2D eigenvalue weighted by Crippen LogP contribution is 2.35. The van der Waals surface area contributed by atoms with E-state index in [9.17, 15) is 9.59 Å². The Hall–Kier alpha value is -2.82. The first kappa shape index (κ1) is 17.0. The van der Waals surface area contributed by atoms with Gasteiger partial charge in [-0.3, -0.25) is 9.59 Å². The van der Waals surface area contributed by atoms with Crippen LogP contribution in [0.15, 0.2) is 48.5 Å². The molecule has 0 saturated carbocycles. The molecule has 0 N–H and O–H groups in total. The maximum Gasteiger partial charge on any atom is 0.309 e. The van der Waals surface area contributed by atoms with Crippen molar-refractivity contribution in [3.8, 4) is 5.75 Å². The molecule has 0 amide bonds. The molecule has 25 heavy (non-hydrogen) atoms.